The lowest BCUT2D eigenvalue weighted by Crippen LogP contribution is -2.39. The Morgan fingerprint density at radius 2 is 1.86 bits per heavy atom. The fourth-order valence-electron chi connectivity index (χ4n) is 2.80. The Bertz CT molecular complexity index is 410. The summed E-state index contributed by atoms with van der Waals surface area (Å²) in [5.41, 5.74) is 0. The van der Waals surface area contributed by atoms with Crippen LogP contribution in [0.15, 0.2) is 29.5 Å². The summed E-state index contributed by atoms with van der Waals surface area (Å²) in [7, 11) is 1.81. The minimum absolute atomic E-state index is 0.507. The summed E-state index contributed by atoms with van der Waals surface area (Å²) in [6, 6.07) is 4.08. The van der Waals surface area contributed by atoms with Gasteiger partial charge in [0.05, 0.1) is 6.10 Å². The predicted molar refractivity (Wildman–Crippen MR) is 91.2 cm³/mol. The number of guanidine groups is 1. The van der Waals surface area contributed by atoms with Gasteiger partial charge in [-0.25, -0.2) is 0 Å². The fourth-order valence-corrected chi connectivity index (χ4v) is 2.80. The average Bonchev–Trinajstić information content (AvgIpc) is 3.07. The Hall–Kier alpha value is -1.49. The molecule has 2 rings (SSSR count). The summed E-state index contributed by atoms with van der Waals surface area (Å²) in [5.74, 6) is 0.866. The molecule has 1 saturated carbocycles. The molecule has 0 unspecified atom stereocenters. The van der Waals surface area contributed by atoms with Gasteiger partial charge in [-0.15, -0.1) is 0 Å². The van der Waals surface area contributed by atoms with Crippen LogP contribution in [0, 0.1) is 0 Å². The van der Waals surface area contributed by atoms with Crippen LogP contribution in [0.25, 0.3) is 0 Å². The maximum absolute atomic E-state index is 5.92. The first-order chi connectivity index (χ1) is 10.9. The second-order valence-electron chi connectivity index (χ2n) is 5.83. The van der Waals surface area contributed by atoms with Gasteiger partial charge in [0.25, 0.3) is 0 Å². The van der Waals surface area contributed by atoms with Crippen molar-refractivity contribution >= 4 is 5.96 Å². The van der Waals surface area contributed by atoms with Gasteiger partial charge in [0.2, 0.25) is 0 Å². The van der Waals surface area contributed by atoms with E-state index in [4.69, 9.17) is 4.74 Å². The van der Waals surface area contributed by atoms with E-state index in [0.717, 1.165) is 38.6 Å². The maximum atomic E-state index is 5.92. The van der Waals surface area contributed by atoms with Gasteiger partial charge in [-0.05, 0) is 31.4 Å². The fraction of sp³-hybridized carbons (Fsp3) is 0.706. The zero-order valence-corrected chi connectivity index (χ0v) is 13.8. The smallest absolute Gasteiger partial charge is 0.191 e. The highest BCUT2D eigenvalue weighted by Gasteiger charge is 2.12. The lowest BCUT2D eigenvalue weighted by atomic mass is 9.98. The molecule has 0 aromatic carbocycles. The van der Waals surface area contributed by atoms with Gasteiger partial charge in [0.15, 0.2) is 5.96 Å². The Labute approximate surface area is 134 Å². The molecule has 0 saturated heterocycles. The van der Waals surface area contributed by atoms with Crippen molar-refractivity contribution in [3.63, 3.8) is 0 Å². The third-order valence-electron chi connectivity index (χ3n) is 4.07. The Morgan fingerprint density at radius 3 is 2.59 bits per heavy atom. The molecule has 5 nitrogen and oxygen atoms in total. The van der Waals surface area contributed by atoms with Crippen LogP contribution < -0.4 is 10.6 Å². The number of ether oxygens (including phenoxy) is 1. The molecule has 1 aliphatic carbocycles. The standard InChI is InChI=1S/C17H30N4O/c1-18-17(20-11-14-21-12-5-6-13-21)19-10-7-15-22-16-8-3-2-4-9-16/h5-6,12-13,16H,2-4,7-11,14-15H2,1H3,(H2,18,19,20). The molecule has 5 heteroatoms. The molecule has 1 aliphatic rings. The molecule has 1 heterocycles. The normalized spacial score (nSPS) is 16.7. The highest BCUT2D eigenvalue weighted by Crippen LogP contribution is 2.20. The number of hydrogen-bond donors (Lipinski definition) is 2. The predicted octanol–water partition coefficient (Wildman–Crippen LogP) is 2.39. The largest absolute Gasteiger partial charge is 0.378 e. The van der Waals surface area contributed by atoms with E-state index in [0.29, 0.717) is 6.10 Å². The lowest BCUT2D eigenvalue weighted by molar-refractivity contribution is 0.0277. The molecular formula is C17H30N4O. The van der Waals surface area contributed by atoms with Crippen molar-refractivity contribution in [2.45, 2.75) is 51.2 Å². The van der Waals surface area contributed by atoms with Crippen molar-refractivity contribution in [2.24, 2.45) is 4.99 Å². The third-order valence-corrected chi connectivity index (χ3v) is 4.07. The molecule has 0 bridgehead atoms. The highest BCUT2D eigenvalue weighted by atomic mass is 16.5. The van der Waals surface area contributed by atoms with Crippen molar-refractivity contribution in [1.29, 1.82) is 0 Å². The van der Waals surface area contributed by atoms with Crippen LogP contribution in [0.1, 0.15) is 38.5 Å². The second kappa shape index (κ2) is 10.3. The van der Waals surface area contributed by atoms with E-state index < -0.39 is 0 Å². The van der Waals surface area contributed by atoms with Gasteiger partial charge in [-0.2, -0.15) is 0 Å². The molecule has 1 aromatic heterocycles. The zero-order chi connectivity index (χ0) is 15.5. The molecular weight excluding hydrogens is 276 g/mol. The summed E-state index contributed by atoms with van der Waals surface area (Å²) < 4.78 is 8.08. The number of rotatable bonds is 8. The monoisotopic (exact) mass is 306 g/mol. The molecule has 2 N–H and O–H groups in total. The van der Waals surface area contributed by atoms with Crippen molar-refractivity contribution in [1.82, 2.24) is 15.2 Å². The van der Waals surface area contributed by atoms with Crippen molar-refractivity contribution < 1.29 is 4.74 Å². The molecule has 0 atom stereocenters. The quantitative estimate of drug-likeness (QED) is 0.440. The summed E-state index contributed by atoms with van der Waals surface area (Å²) in [6.07, 6.45) is 12.2. The molecule has 22 heavy (non-hydrogen) atoms. The Kier molecular flexibility index (Phi) is 7.88. The van der Waals surface area contributed by atoms with E-state index in [9.17, 15) is 0 Å². The van der Waals surface area contributed by atoms with E-state index in [1.54, 1.807) is 0 Å². The van der Waals surface area contributed by atoms with E-state index in [-0.39, 0.29) is 0 Å². The maximum Gasteiger partial charge on any atom is 0.191 e. The SMILES string of the molecule is CN=C(NCCCOC1CCCCC1)NCCn1cccc1. The van der Waals surface area contributed by atoms with Crippen LogP contribution in [-0.2, 0) is 11.3 Å². The third kappa shape index (κ3) is 6.52. The topological polar surface area (TPSA) is 50.6 Å². The van der Waals surface area contributed by atoms with Gasteiger partial charge in [-0.3, -0.25) is 4.99 Å². The van der Waals surface area contributed by atoms with Gasteiger partial charge in [0.1, 0.15) is 0 Å². The summed E-state index contributed by atoms with van der Waals surface area (Å²) >= 11 is 0. The molecule has 1 fully saturated rings. The highest BCUT2D eigenvalue weighted by molar-refractivity contribution is 5.79. The molecule has 0 aliphatic heterocycles. The van der Waals surface area contributed by atoms with Crippen LogP contribution in [-0.4, -0.2) is 43.4 Å². The van der Waals surface area contributed by atoms with E-state index in [1.165, 1.54) is 32.1 Å². The average molecular weight is 306 g/mol. The van der Waals surface area contributed by atoms with Gasteiger partial charge < -0.3 is 19.9 Å². The Balaban J connectivity index is 1.48. The first kappa shape index (κ1) is 16.9. The van der Waals surface area contributed by atoms with Crippen LogP contribution in [0.2, 0.25) is 0 Å². The second-order valence-corrected chi connectivity index (χ2v) is 5.83. The molecule has 0 radical (unpaired) electrons. The van der Waals surface area contributed by atoms with Gasteiger partial charge in [-0.1, -0.05) is 19.3 Å². The van der Waals surface area contributed by atoms with Crippen LogP contribution in [0.4, 0.5) is 0 Å². The summed E-state index contributed by atoms with van der Waals surface area (Å²) in [4.78, 5) is 4.24. The molecule has 124 valence electrons. The summed E-state index contributed by atoms with van der Waals surface area (Å²) in [6.45, 7) is 3.55. The van der Waals surface area contributed by atoms with Crippen LogP contribution in [0.3, 0.4) is 0 Å². The molecule has 0 spiro atoms. The van der Waals surface area contributed by atoms with E-state index >= 15 is 0 Å². The number of nitrogens with one attached hydrogen (secondary N) is 2. The van der Waals surface area contributed by atoms with Crippen LogP contribution in [0.5, 0.6) is 0 Å². The minimum Gasteiger partial charge on any atom is -0.378 e. The number of hydrogen-bond acceptors (Lipinski definition) is 2. The number of aliphatic imine (C=N–C) groups is 1. The van der Waals surface area contributed by atoms with Crippen molar-refractivity contribution in [3.8, 4) is 0 Å². The van der Waals surface area contributed by atoms with Crippen LogP contribution >= 0.6 is 0 Å². The summed E-state index contributed by atoms with van der Waals surface area (Å²) in [5, 5.41) is 6.66. The molecule has 0 amide bonds. The zero-order valence-electron chi connectivity index (χ0n) is 13.8. The van der Waals surface area contributed by atoms with Crippen molar-refractivity contribution in [3.05, 3.63) is 24.5 Å². The lowest BCUT2D eigenvalue weighted by Gasteiger charge is -2.22. The van der Waals surface area contributed by atoms with E-state index in [2.05, 4.69) is 32.6 Å². The first-order valence-corrected chi connectivity index (χ1v) is 8.55. The van der Waals surface area contributed by atoms with Gasteiger partial charge >= 0.3 is 0 Å². The van der Waals surface area contributed by atoms with Gasteiger partial charge in [0, 0.05) is 45.7 Å². The van der Waals surface area contributed by atoms with Crippen molar-refractivity contribution in [2.75, 3.05) is 26.7 Å². The van der Waals surface area contributed by atoms with E-state index in [1.807, 2.05) is 19.2 Å². The minimum atomic E-state index is 0.507. The first-order valence-electron chi connectivity index (χ1n) is 8.55. The number of aromatic nitrogens is 1. The Morgan fingerprint density at radius 1 is 1.14 bits per heavy atom. The number of nitrogens with zero attached hydrogens (tertiary/aromatic N) is 2. The molecule has 1 aromatic rings.